The second-order valence-corrected chi connectivity index (χ2v) is 9.30. The number of anilines is 1. The van der Waals surface area contributed by atoms with Crippen molar-refractivity contribution in [1.29, 1.82) is 0 Å². The van der Waals surface area contributed by atoms with Crippen molar-refractivity contribution in [3.05, 3.63) is 94.9 Å². The summed E-state index contributed by atoms with van der Waals surface area (Å²) in [5.41, 5.74) is 11.1. The molecule has 0 saturated heterocycles. The lowest BCUT2D eigenvalue weighted by Crippen LogP contribution is -2.51. The summed E-state index contributed by atoms with van der Waals surface area (Å²) in [5, 5.41) is 14.4. The highest BCUT2D eigenvalue weighted by atomic mass is 35.5. The van der Waals surface area contributed by atoms with Gasteiger partial charge in [-0.15, -0.1) is 0 Å². The van der Waals surface area contributed by atoms with Crippen LogP contribution in [0.4, 0.5) is 10.1 Å². The molecular weight excluding hydrogens is 437 g/mol. The molecule has 1 heterocycles. The Labute approximate surface area is 197 Å². The topological polar surface area (TPSA) is 71.2 Å². The van der Waals surface area contributed by atoms with Crippen molar-refractivity contribution in [2.45, 2.75) is 37.5 Å². The van der Waals surface area contributed by atoms with E-state index in [-0.39, 0.29) is 18.0 Å². The SMILES string of the molecule is C[C@@H](Nc1c(Cl)cnc2ccc(-c3ccc(C4(N)CC(O)C4)cc3)cc12)c1ccccc1F. The number of fused-ring (bicyclic) bond motifs is 1. The molecule has 1 saturated carbocycles. The van der Waals surface area contributed by atoms with Crippen LogP contribution >= 0.6 is 11.6 Å². The predicted octanol–water partition coefficient (Wildman–Crippen LogP) is 6.18. The van der Waals surface area contributed by atoms with Crippen molar-refractivity contribution in [3.63, 3.8) is 0 Å². The highest BCUT2D eigenvalue weighted by Gasteiger charge is 2.41. The van der Waals surface area contributed by atoms with Gasteiger partial charge in [0.15, 0.2) is 0 Å². The lowest BCUT2D eigenvalue weighted by atomic mass is 9.70. The van der Waals surface area contributed by atoms with Crippen LogP contribution in [0.1, 0.15) is 36.9 Å². The maximum absolute atomic E-state index is 14.3. The molecule has 33 heavy (non-hydrogen) atoms. The molecule has 1 aliphatic carbocycles. The molecule has 3 aromatic carbocycles. The first-order chi connectivity index (χ1) is 15.8. The smallest absolute Gasteiger partial charge is 0.128 e. The van der Waals surface area contributed by atoms with Gasteiger partial charge in [0.2, 0.25) is 0 Å². The maximum Gasteiger partial charge on any atom is 0.128 e. The highest BCUT2D eigenvalue weighted by molar-refractivity contribution is 6.34. The Morgan fingerprint density at radius 3 is 2.48 bits per heavy atom. The zero-order valence-corrected chi connectivity index (χ0v) is 19.0. The number of aliphatic hydroxyl groups is 1. The van der Waals surface area contributed by atoms with Crippen molar-refractivity contribution in [1.82, 2.24) is 4.98 Å². The van der Waals surface area contributed by atoms with E-state index in [2.05, 4.69) is 10.3 Å². The molecule has 168 valence electrons. The minimum atomic E-state index is -0.446. The van der Waals surface area contributed by atoms with E-state index in [4.69, 9.17) is 17.3 Å². The second-order valence-electron chi connectivity index (χ2n) is 8.90. The van der Waals surface area contributed by atoms with E-state index >= 15 is 0 Å². The lowest BCUT2D eigenvalue weighted by molar-refractivity contribution is 0.0209. The molecule has 0 unspecified atom stereocenters. The van der Waals surface area contributed by atoms with Crippen LogP contribution in [0.2, 0.25) is 5.02 Å². The quantitative estimate of drug-likeness (QED) is 0.332. The molecule has 1 fully saturated rings. The van der Waals surface area contributed by atoms with E-state index in [0.29, 0.717) is 23.4 Å². The van der Waals surface area contributed by atoms with Crippen LogP contribution in [-0.4, -0.2) is 16.2 Å². The van der Waals surface area contributed by atoms with Crippen molar-refractivity contribution in [2.24, 2.45) is 5.73 Å². The molecule has 0 aliphatic heterocycles. The molecule has 4 nitrogen and oxygen atoms in total. The average molecular weight is 462 g/mol. The molecule has 5 rings (SSSR count). The largest absolute Gasteiger partial charge is 0.393 e. The molecule has 0 spiro atoms. The lowest BCUT2D eigenvalue weighted by Gasteiger charge is -2.42. The van der Waals surface area contributed by atoms with Crippen LogP contribution in [0.5, 0.6) is 0 Å². The Balaban J connectivity index is 1.49. The summed E-state index contributed by atoms with van der Waals surface area (Å²) in [6, 6.07) is 20.6. The summed E-state index contributed by atoms with van der Waals surface area (Å²) in [6.45, 7) is 1.91. The standard InChI is InChI=1S/C27H25ClFN3O/c1-16(21-4-2-3-5-24(21)29)32-26-22-12-18(8-11-25(22)31-15-23(26)28)17-6-9-19(10-7-17)27(30)13-20(33)14-27/h2-12,15-16,20,33H,13-14,30H2,1H3,(H,31,32)/t16-,20?,27?/m1/s1. The van der Waals surface area contributed by atoms with Crippen molar-refractivity contribution < 1.29 is 9.50 Å². The van der Waals surface area contributed by atoms with Gasteiger partial charge >= 0.3 is 0 Å². The van der Waals surface area contributed by atoms with Crippen LogP contribution in [0.25, 0.3) is 22.0 Å². The first kappa shape index (κ1) is 21.8. The van der Waals surface area contributed by atoms with E-state index in [0.717, 1.165) is 33.3 Å². The first-order valence-corrected chi connectivity index (χ1v) is 11.4. The maximum atomic E-state index is 14.3. The molecule has 0 bridgehead atoms. The fraction of sp³-hybridized carbons (Fsp3) is 0.222. The number of benzene rings is 3. The van der Waals surface area contributed by atoms with Crippen LogP contribution in [0.3, 0.4) is 0 Å². The summed E-state index contributed by atoms with van der Waals surface area (Å²) in [7, 11) is 0. The minimum Gasteiger partial charge on any atom is -0.393 e. The fourth-order valence-corrected chi connectivity index (χ4v) is 4.83. The van der Waals surface area contributed by atoms with Gasteiger partial charge in [-0.1, -0.05) is 60.1 Å². The van der Waals surface area contributed by atoms with Crippen molar-refractivity contribution in [2.75, 3.05) is 5.32 Å². The number of nitrogens with zero attached hydrogens (tertiary/aromatic N) is 1. The van der Waals surface area contributed by atoms with E-state index in [1.54, 1.807) is 18.3 Å². The number of hydrogen-bond donors (Lipinski definition) is 3. The highest BCUT2D eigenvalue weighted by Crippen LogP contribution is 2.40. The van der Waals surface area contributed by atoms with Gasteiger partial charge in [-0.05, 0) is 54.7 Å². The number of nitrogens with two attached hydrogens (primary N) is 1. The van der Waals surface area contributed by atoms with E-state index in [9.17, 15) is 9.50 Å². The zero-order valence-electron chi connectivity index (χ0n) is 18.2. The fourth-order valence-electron chi connectivity index (χ4n) is 4.63. The monoisotopic (exact) mass is 461 g/mol. The van der Waals surface area contributed by atoms with Crippen LogP contribution in [0.15, 0.2) is 72.9 Å². The summed E-state index contributed by atoms with van der Waals surface area (Å²) in [4.78, 5) is 4.46. The Hall–Kier alpha value is -2.99. The van der Waals surface area contributed by atoms with Gasteiger partial charge in [0.25, 0.3) is 0 Å². The third kappa shape index (κ3) is 4.08. The van der Waals surface area contributed by atoms with Crippen LogP contribution < -0.4 is 11.1 Å². The third-order valence-corrected chi connectivity index (χ3v) is 6.83. The number of halogens is 2. The van der Waals surface area contributed by atoms with Crippen LogP contribution in [-0.2, 0) is 5.54 Å². The zero-order chi connectivity index (χ0) is 23.2. The Bertz CT molecular complexity index is 1320. The predicted molar refractivity (Wildman–Crippen MR) is 132 cm³/mol. The molecule has 6 heteroatoms. The summed E-state index contributed by atoms with van der Waals surface area (Å²) >= 11 is 6.52. The van der Waals surface area contributed by atoms with Gasteiger partial charge in [-0.25, -0.2) is 4.39 Å². The molecular formula is C27H25ClFN3O. The van der Waals surface area contributed by atoms with Crippen molar-refractivity contribution in [3.8, 4) is 11.1 Å². The second kappa shape index (κ2) is 8.41. The summed E-state index contributed by atoms with van der Waals surface area (Å²) in [6.07, 6.45) is 2.47. The molecule has 4 aromatic rings. The van der Waals surface area contributed by atoms with Gasteiger partial charge in [0, 0.05) is 22.7 Å². The van der Waals surface area contributed by atoms with Gasteiger partial charge in [-0.3, -0.25) is 4.98 Å². The van der Waals surface area contributed by atoms with Gasteiger partial charge in [-0.2, -0.15) is 0 Å². The van der Waals surface area contributed by atoms with E-state index in [1.165, 1.54) is 6.07 Å². The van der Waals surface area contributed by atoms with Gasteiger partial charge < -0.3 is 16.2 Å². The Morgan fingerprint density at radius 1 is 1.09 bits per heavy atom. The minimum absolute atomic E-state index is 0.260. The summed E-state index contributed by atoms with van der Waals surface area (Å²) in [5.74, 6) is -0.260. The summed E-state index contributed by atoms with van der Waals surface area (Å²) < 4.78 is 14.3. The van der Waals surface area contributed by atoms with Gasteiger partial charge in [0.1, 0.15) is 5.82 Å². The molecule has 0 radical (unpaired) electrons. The number of aliphatic hydroxyl groups excluding tert-OH is 1. The number of rotatable bonds is 5. The normalized spacial score (nSPS) is 20.9. The first-order valence-electron chi connectivity index (χ1n) is 11.0. The number of pyridine rings is 1. The third-order valence-electron chi connectivity index (χ3n) is 6.55. The van der Waals surface area contributed by atoms with E-state index < -0.39 is 5.54 Å². The van der Waals surface area contributed by atoms with Crippen molar-refractivity contribution >= 4 is 28.2 Å². The average Bonchev–Trinajstić information content (AvgIpc) is 2.80. The molecule has 1 atom stereocenters. The Morgan fingerprint density at radius 2 is 1.79 bits per heavy atom. The number of hydrogen-bond acceptors (Lipinski definition) is 4. The molecule has 1 aliphatic rings. The Kier molecular flexibility index (Phi) is 5.57. The van der Waals surface area contributed by atoms with Gasteiger partial charge in [0.05, 0.1) is 28.4 Å². The molecule has 0 amide bonds. The van der Waals surface area contributed by atoms with E-state index in [1.807, 2.05) is 55.5 Å². The number of nitrogens with one attached hydrogen (secondary N) is 1. The molecule has 1 aromatic heterocycles. The number of aromatic nitrogens is 1. The van der Waals surface area contributed by atoms with Crippen LogP contribution in [0, 0.1) is 5.82 Å². The molecule has 4 N–H and O–H groups in total.